The van der Waals surface area contributed by atoms with Gasteiger partial charge in [0.05, 0.1) is 10.7 Å². The molecule has 2 aromatic carbocycles. The molecule has 0 aliphatic carbocycles. The first kappa shape index (κ1) is 19.4. The number of nitrogens with zero attached hydrogens (tertiary/aromatic N) is 1. The van der Waals surface area contributed by atoms with Gasteiger partial charge in [0.15, 0.2) is 17.4 Å². The molecule has 136 valence electrons. The summed E-state index contributed by atoms with van der Waals surface area (Å²) in [4.78, 5) is 0.253. The van der Waals surface area contributed by atoms with Crippen LogP contribution in [0.5, 0.6) is 0 Å². The largest absolute Gasteiger partial charge is 0.867 e. The van der Waals surface area contributed by atoms with Crippen LogP contribution in [0.25, 0.3) is 11.5 Å². The summed E-state index contributed by atoms with van der Waals surface area (Å²) in [7, 11) is 0. The van der Waals surface area contributed by atoms with Crippen molar-refractivity contribution in [3.05, 3.63) is 94.2 Å². The zero-order valence-corrected chi connectivity index (χ0v) is 16.8. The SMILES string of the molecule is Cc1ccc[n+](C(C(=S)Nc2ccccc2Cl)=C([O-])c2ccccc2Cl)c1. The summed E-state index contributed by atoms with van der Waals surface area (Å²) >= 11 is 18.0. The molecular formula is C21H16Cl2N2OS. The van der Waals surface area contributed by atoms with E-state index in [2.05, 4.69) is 5.32 Å². The molecule has 0 saturated heterocycles. The summed E-state index contributed by atoms with van der Waals surface area (Å²) in [6, 6.07) is 17.9. The van der Waals surface area contributed by atoms with Gasteiger partial charge in [0, 0.05) is 16.7 Å². The van der Waals surface area contributed by atoms with Gasteiger partial charge in [0.25, 0.3) is 0 Å². The first-order chi connectivity index (χ1) is 13.0. The minimum Gasteiger partial charge on any atom is -0.867 e. The summed E-state index contributed by atoms with van der Waals surface area (Å²) in [6.45, 7) is 1.94. The topological polar surface area (TPSA) is 39.0 Å². The number of hydrogen-bond donors (Lipinski definition) is 1. The molecule has 0 fully saturated rings. The molecule has 27 heavy (non-hydrogen) atoms. The Morgan fingerprint density at radius 1 is 0.963 bits per heavy atom. The van der Waals surface area contributed by atoms with E-state index >= 15 is 0 Å². The van der Waals surface area contributed by atoms with E-state index in [1.165, 1.54) is 0 Å². The Morgan fingerprint density at radius 2 is 1.63 bits per heavy atom. The Morgan fingerprint density at radius 3 is 2.30 bits per heavy atom. The van der Waals surface area contributed by atoms with Crippen LogP contribution in [0.15, 0.2) is 73.1 Å². The van der Waals surface area contributed by atoms with Crippen LogP contribution in [0.2, 0.25) is 10.0 Å². The molecule has 0 aliphatic heterocycles. The van der Waals surface area contributed by atoms with Gasteiger partial charge in [0.1, 0.15) is 0 Å². The van der Waals surface area contributed by atoms with Crippen molar-refractivity contribution in [3.8, 4) is 0 Å². The molecule has 0 radical (unpaired) electrons. The molecular weight excluding hydrogens is 399 g/mol. The van der Waals surface area contributed by atoms with Crippen molar-refractivity contribution < 1.29 is 9.67 Å². The van der Waals surface area contributed by atoms with Gasteiger partial charge < -0.3 is 10.4 Å². The fourth-order valence-electron chi connectivity index (χ4n) is 2.59. The molecule has 3 aromatic rings. The van der Waals surface area contributed by atoms with Gasteiger partial charge in [-0.1, -0.05) is 65.8 Å². The van der Waals surface area contributed by atoms with Crippen molar-refractivity contribution in [1.82, 2.24) is 0 Å². The Hall–Kier alpha value is -2.40. The van der Waals surface area contributed by atoms with Crippen molar-refractivity contribution in [3.63, 3.8) is 0 Å². The Bertz CT molecular complexity index is 1030. The van der Waals surface area contributed by atoms with Gasteiger partial charge in [-0.3, -0.25) is 0 Å². The predicted molar refractivity (Wildman–Crippen MR) is 114 cm³/mol. The van der Waals surface area contributed by atoms with Crippen LogP contribution in [0.3, 0.4) is 0 Å². The molecule has 0 unspecified atom stereocenters. The highest BCUT2D eigenvalue weighted by molar-refractivity contribution is 7.81. The summed E-state index contributed by atoms with van der Waals surface area (Å²) in [5.41, 5.74) is 2.29. The average Bonchev–Trinajstić information content (AvgIpc) is 2.64. The number of aromatic nitrogens is 1. The molecule has 0 aliphatic rings. The van der Waals surface area contributed by atoms with Gasteiger partial charge in [-0.2, -0.15) is 4.57 Å². The lowest BCUT2D eigenvalue weighted by Crippen LogP contribution is -2.40. The number of pyridine rings is 1. The third-order valence-electron chi connectivity index (χ3n) is 3.88. The van der Waals surface area contributed by atoms with Crippen molar-refractivity contribution >= 4 is 57.6 Å². The molecule has 1 heterocycles. The van der Waals surface area contributed by atoms with Crippen LogP contribution in [0, 0.1) is 6.92 Å². The van der Waals surface area contributed by atoms with Crippen molar-refractivity contribution in [2.24, 2.45) is 0 Å². The first-order valence-electron chi connectivity index (χ1n) is 8.17. The van der Waals surface area contributed by atoms with E-state index in [0.717, 1.165) is 5.56 Å². The fourth-order valence-corrected chi connectivity index (χ4v) is 3.30. The van der Waals surface area contributed by atoms with Crippen molar-refractivity contribution in [2.75, 3.05) is 5.32 Å². The van der Waals surface area contributed by atoms with E-state index in [-0.39, 0.29) is 10.7 Å². The van der Waals surface area contributed by atoms with Gasteiger partial charge in [-0.05, 0) is 42.5 Å². The van der Waals surface area contributed by atoms with E-state index in [1.54, 1.807) is 47.2 Å². The van der Waals surface area contributed by atoms with Crippen LogP contribution in [0.1, 0.15) is 11.1 Å². The van der Waals surface area contributed by atoms with Crippen molar-refractivity contribution in [1.29, 1.82) is 0 Å². The lowest BCUT2D eigenvalue weighted by Gasteiger charge is -2.18. The number of nitrogens with one attached hydrogen (secondary N) is 1. The molecule has 0 atom stereocenters. The zero-order valence-electron chi connectivity index (χ0n) is 14.4. The third-order valence-corrected chi connectivity index (χ3v) is 4.83. The van der Waals surface area contributed by atoms with Gasteiger partial charge in [-0.15, -0.1) is 0 Å². The maximum atomic E-state index is 13.3. The molecule has 3 nitrogen and oxygen atoms in total. The number of aryl methyl sites for hydroxylation is 1. The Labute approximate surface area is 173 Å². The minimum absolute atomic E-state index is 0.253. The monoisotopic (exact) mass is 414 g/mol. The lowest BCUT2D eigenvalue weighted by atomic mass is 10.1. The van der Waals surface area contributed by atoms with Crippen LogP contribution in [0.4, 0.5) is 5.69 Å². The molecule has 1 aromatic heterocycles. The molecule has 3 rings (SSSR count). The zero-order chi connectivity index (χ0) is 19.4. The number of para-hydroxylation sites is 1. The van der Waals surface area contributed by atoms with Crippen LogP contribution < -0.4 is 15.0 Å². The number of anilines is 1. The number of benzene rings is 2. The van der Waals surface area contributed by atoms with Gasteiger partial charge in [0.2, 0.25) is 5.70 Å². The number of hydrogen-bond acceptors (Lipinski definition) is 2. The minimum atomic E-state index is -0.277. The van der Waals surface area contributed by atoms with E-state index in [9.17, 15) is 5.11 Å². The fraction of sp³-hybridized carbons (Fsp3) is 0.0476. The van der Waals surface area contributed by atoms with E-state index in [4.69, 9.17) is 35.4 Å². The molecule has 0 saturated carbocycles. The highest BCUT2D eigenvalue weighted by Crippen LogP contribution is 2.25. The maximum absolute atomic E-state index is 13.3. The standard InChI is InChI=1S/C21H16Cl2N2OS/c1-14-7-6-12-25(13-14)19(20(26)15-8-2-3-9-16(15)22)21(27)24-18-11-5-4-10-17(18)23/h2-13H,1H3,(H-,24,26,27). The highest BCUT2D eigenvalue weighted by atomic mass is 35.5. The second kappa shape index (κ2) is 8.53. The number of halogens is 2. The number of rotatable bonds is 4. The molecule has 1 N–H and O–H groups in total. The summed E-state index contributed by atoms with van der Waals surface area (Å²) in [6.07, 6.45) is 3.61. The van der Waals surface area contributed by atoms with Crippen LogP contribution in [-0.2, 0) is 0 Å². The van der Waals surface area contributed by atoms with Crippen LogP contribution >= 0.6 is 35.4 Å². The molecule has 0 amide bonds. The molecule has 0 spiro atoms. The summed E-state index contributed by atoms with van der Waals surface area (Å²) in [5.74, 6) is -0.277. The van der Waals surface area contributed by atoms with Gasteiger partial charge in [-0.25, -0.2) is 0 Å². The summed E-state index contributed by atoms with van der Waals surface area (Å²) < 4.78 is 1.70. The first-order valence-corrected chi connectivity index (χ1v) is 9.34. The van der Waals surface area contributed by atoms with E-state index < -0.39 is 0 Å². The van der Waals surface area contributed by atoms with E-state index in [1.807, 2.05) is 37.4 Å². The number of thiocarbonyl (C=S) groups is 1. The molecule has 6 heteroatoms. The van der Waals surface area contributed by atoms with Crippen LogP contribution in [-0.4, -0.2) is 4.99 Å². The van der Waals surface area contributed by atoms with E-state index in [0.29, 0.717) is 27.0 Å². The quantitative estimate of drug-likeness (QED) is 0.290. The predicted octanol–water partition coefficient (Wildman–Crippen LogP) is 4.71. The second-order valence-electron chi connectivity index (χ2n) is 5.88. The normalized spacial score (nSPS) is 11.7. The third kappa shape index (κ3) is 4.48. The second-order valence-corrected chi connectivity index (χ2v) is 7.10. The maximum Gasteiger partial charge on any atom is 0.238 e. The Kier molecular flexibility index (Phi) is 6.11. The smallest absolute Gasteiger partial charge is 0.238 e. The Balaban J connectivity index is 2.13. The average molecular weight is 415 g/mol. The lowest BCUT2D eigenvalue weighted by molar-refractivity contribution is -0.578. The van der Waals surface area contributed by atoms with Crippen molar-refractivity contribution in [2.45, 2.75) is 6.92 Å². The highest BCUT2D eigenvalue weighted by Gasteiger charge is 2.20. The van der Waals surface area contributed by atoms with Gasteiger partial charge >= 0.3 is 0 Å². The molecule has 0 bridgehead atoms. The summed E-state index contributed by atoms with van der Waals surface area (Å²) in [5, 5.41) is 17.2.